The molecule has 148 valence electrons. The van der Waals surface area contributed by atoms with Crippen molar-refractivity contribution >= 4 is 33.1 Å². The Morgan fingerprint density at radius 3 is 2.36 bits per heavy atom. The molecule has 0 aliphatic carbocycles. The van der Waals surface area contributed by atoms with Crippen LogP contribution >= 0.6 is 0 Å². The van der Waals surface area contributed by atoms with E-state index < -0.39 is 32.3 Å². The fourth-order valence-electron chi connectivity index (χ4n) is 2.37. The second kappa shape index (κ2) is 8.61. The van der Waals surface area contributed by atoms with Gasteiger partial charge in [-0.25, -0.2) is 13.2 Å². The van der Waals surface area contributed by atoms with Crippen molar-refractivity contribution in [2.75, 3.05) is 17.7 Å². The Kier molecular flexibility index (Phi) is 6.47. The summed E-state index contributed by atoms with van der Waals surface area (Å²) in [6.45, 7) is 3.11. The van der Waals surface area contributed by atoms with E-state index in [1.54, 1.807) is 13.0 Å². The number of benzene rings is 2. The number of hydrogen-bond acceptors (Lipinski definition) is 7. The number of sulfone groups is 1. The molecule has 0 bridgehead atoms. The second-order valence-electron chi connectivity index (χ2n) is 5.60. The summed E-state index contributed by atoms with van der Waals surface area (Å²) in [7, 11) is -3.60. The number of hydrogen-bond donors (Lipinski definition) is 1. The molecule has 2 aromatic carbocycles. The van der Waals surface area contributed by atoms with Crippen LogP contribution in [0, 0.1) is 10.1 Å². The molecule has 0 aromatic heterocycles. The van der Waals surface area contributed by atoms with Gasteiger partial charge in [-0.2, -0.15) is 0 Å². The first-order valence-electron chi connectivity index (χ1n) is 8.29. The van der Waals surface area contributed by atoms with E-state index in [1.165, 1.54) is 25.1 Å². The van der Waals surface area contributed by atoms with E-state index in [4.69, 9.17) is 4.74 Å². The van der Waals surface area contributed by atoms with Crippen molar-refractivity contribution in [1.29, 1.82) is 0 Å². The van der Waals surface area contributed by atoms with E-state index in [0.717, 1.165) is 18.2 Å². The number of esters is 1. The summed E-state index contributed by atoms with van der Waals surface area (Å²) in [5.41, 5.74) is -0.764. The maximum atomic E-state index is 12.6. The number of nitro groups is 1. The van der Waals surface area contributed by atoms with Gasteiger partial charge in [-0.05, 0) is 25.1 Å². The average Bonchev–Trinajstić information content (AvgIpc) is 2.68. The molecule has 2 aromatic rings. The summed E-state index contributed by atoms with van der Waals surface area (Å²) in [5.74, 6) is -1.77. The monoisotopic (exact) mass is 406 g/mol. The highest BCUT2D eigenvalue weighted by atomic mass is 32.2. The van der Waals surface area contributed by atoms with Gasteiger partial charge in [0.25, 0.3) is 11.6 Å². The second-order valence-corrected chi connectivity index (χ2v) is 7.85. The minimum Gasteiger partial charge on any atom is -0.462 e. The van der Waals surface area contributed by atoms with Gasteiger partial charge in [0, 0.05) is 17.7 Å². The van der Waals surface area contributed by atoms with Crippen LogP contribution in [0.15, 0.2) is 47.4 Å². The summed E-state index contributed by atoms with van der Waals surface area (Å²) in [4.78, 5) is 34.9. The molecule has 0 saturated carbocycles. The third-order valence-electron chi connectivity index (χ3n) is 3.75. The van der Waals surface area contributed by atoms with Crippen LogP contribution in [0.1, 0.15) is 34.6 Å². The molecule has 1 amide bonds. The van der Waals surface area contributed by atoms with Crippen LogP contribution in [0.2, 0.25) is 0 Å². The van der Waals surface area contributed by atoms with E-state index >= 15 is 0 Å². The van der Waals surface area contributed by atoms with Gasteiger partial charge in [-0.3, -0.25) is 14.9 Å². The molecule has 0 spiro atoms. The SMILES string of the molecule is CCOC(=O)c1cc(C(=O)Nc2ccccc2S(=O)(=O)CC)cc([N+](=O)[O-])c1. The molecule has 1 N–H and O–H groups in total. The standard InChI is InChI=1S/C18H18N2O7S/c1-3-27-18(22)13-9-12(10-14(11-13)20(23)24)17(21)19-15-7-5-6-8-16(15)28(25,26)4-2/h5-11H,3-4H2,1-2H3,(H,19,21). The number of nitrogens with zero attached hydrogens (tertiary/aromatic N) is 1. The number of anilines is 1. The first-order chi connectivity index (χ1) is 13.2. The Balaban J connectivity index is 2.45. The largest absolute Gasteiger partial charge is 0.462 e. The zero-order valence-electron chi connectivity index (χ0n) is 15.2. The van der Waals surface area contributed by atoms with Crippen molar-refractivity contribution in [1.82, 2.24) is 0 Å². The summed E-state index contributed by atoms with van der Waals surface area (Å²) in [5, 5.41) is 13.6. The van der Waals surface area contributed by atoms with Crippen molar-refractivity contribution in [3.05, 3.63) is 63.7 Å². The number of carbonyl (C=O) groups excluding carboxylic acids is 2. The number of amides is 1. The minimum absolute atomic E-state index is 0.0403. The Bertz CT molecular complexity index is 1030. The zero-order valence-corrected chi connectivity index (χ0v) is 16.0. The highest BCUT2D eigenvalue weighted by molar-refractivity contribution is 7.91. The van der Waals surface area contributed by atoms with Crippen LogP contribution in [0.5, 0.6) is 0 Å². The lowest BCUT2D eigenvalue weighted by atomic mass is 10.1. The van der Waals surface area contributed by atoms with Crippen molar-refractivity contribution in [2.24, 2.45) is 0 Å². The Morgan fingerprint density at radius 1 is 1.11 bits per heavy atom. The van der Waals surface area contributed by atoms with Crippen LogP contribution in [0.3, 0.4) is 0 Å². The quantitative estimate of drug-likeness (QED) is 0.425. The highest BCUT2D eigenvalue weighted by Crippen LogP contribution is 2.24. The van der Waals surface area contributed by atoms with E-state index in [0.29, 0.717) is 0 Å². The average molecular weight is 406 g/mol. The third-order valence-corrected chi connectivity index (χ3v) is 5.54. The lowest BCUT2D eigenvalue weighted by Gasteiger charge is -2.11. The molecule has 2 rings (SSSR count). The van der Waals surface area contributed by atoms with Crippen LogP contribution in [0.4, 0.5) is 11.4 Å². The highest BCUT2D eigenvalue weighted by Gasteiger charge is 2.21. The number of ether oxygens (including phenoxy) is 1. The predicted molar refractivity (Wildman–Crippen MR) is 101 cm³/mol. The van der Waals surface area contributed by atoms with Crippen LogP contribution in [-0.4, -0.2) is 37.6 Å². The first kappa shape index (κ1) is 21.0. The van der Waals surface area contributed by atoms with Crippen molar-refractivity contribution in [3.8, 4) is 0 Å². The van der Waals surface area contributed by atoms with Gasteiger partial charge in [0.15, 0.2) is 9.84 Å². The topological polar surface area (TPSA) is 133 Å². The molecule has 28 heavy (non-hydrogen) atoms. The molecule has 9 nitrogen and oxygen atoms in total. The van der Waals surface area contributed by atoms with E-state index in [9.17, 15) is 28.1 Å². The Morgan fingerprint density at radius 2 is 1.75 bits per heavy atom. The molecule has 0 aliphatic heterocycles. The molecular weight excluding hydrogens is 388 g/mol. The maximum Gasteiger partial charge on any atom is 0.338 e. The van der Waals surface area contributed by atoms with Crippen LogP contribution in [0.25, 0.3) is 0 Å². The number of para-hydroxylation sites is 1. The Hall–Kier alpha value is -3.27. The minimum atomic E-state index is -3.60. The number of nitro benzene ring substituents is 1. The molecular formula is C18H18N2O7S. The fourth-order valence-corrected chi connectivity index (χ4v) is 3.42. The van der Waals surface area contributed by atoms with Gasteiger partial charge in [0.1, 0.15) is 0 Å². The molecule has 0 heterocycles. The van der Waals surface area contributed by atoms with Gasteiger partial charge in [-0.1, -0.05) is 19.1 Å². The molecule has 0 atom stereocenters. The van der Waals surface area contributed by atoms with Gasteiger partial charge in [0.2, 0.25) is 0 Å². The lowest BCUT2D eigenvalue weighted by molar-refractivity contribution is -0.384. The maximum absolute atomic E-state index is 12.6. The van der Waals surface area contributed by atoms with Crippen LogP contribution in [-0.2, 0) is 14.6 Å². The molecule has 0 saturated heterocycles. The van der Waals surface area contributed by atoms with E-state index in [2.05, 4.69) is 5.32 Å². The molecule has 0 aliphatic rings. The fraction of sp³-hybridized carbons (Fsp3) is 0.222. The molecule has 0 unspecified atom stereocenters. The predicted octanol–water partition coefficient (Wildman–Crippen LogP) is 2.82. The molecule has 10 heteroatoms. The number of rotatable bonds is 7. The summed E-state index contributed by atoms with van der Waals surface area (Å²) in [6.07, 6.45) is 0. The summed E-state index contributed by atoms with van der Waals surface area (Å²) >= 11 is 0. The van der Waals surface area contributed by atoms with E-state index in [-0.39, 0.29) is 34.1 Å². The van der Waals surface area contributed by atoms with Gasteiger partial charge < -0.3 is 10.1 Å². The zero-order chi connectivity index (χ0) is 20.9. The van der Waals surface area contributed by atoms with Crippen molar-refractivity contribution < 1.29 is 27.7 Å². The van der Waals surface area contributed by atoms with Gasteiger partial charge in [0.05, 0.1) is 33.4 Å². The normalized spacial score (nSPS) is 10.9. The number of carbonyl (C=O) groups is 2. The Labute approximate surface area is 161 Å². The summed E-state index contributed by atoms with van der Waals surface area (Å²) in [6, 6.07) is 8.97. The summed E-state index contributed by atoms with van der Waals surface area (Å²) < 4.78 is 29.2. The van der Waals surface area contributed by atoms with Gasteiger partial charge in [-0.15, -0.1) is 0 Å². The first-order valence-corrected chi connectivity index (χ1v) is 9.94. The van der Waals surface area contributed by atoms with Crippen molar-refractivity contribution in [3.63, 3.8) is 0 Å². The molecule has 0 fully saturated rings. The number of nitrogens with one attached hydrogen (secondary N) is 1. The van der Waals surface area contributed by atoms with Crippen molar-refractivity contribution in [2.45, 2.75) is 18.7 Å². The van der Waals surface area contributed by atoms with Gasteiger partial charge >= 0.3 is 5.97 Å². The van der Waals surface area contributed by atoms with Crippen LogP contribution < -0.4 is 5.32 Å². The van der Waals surface area contributed by atoms with E-state index in [1.807, 2.05) is 0 Å². The number of non-ortho nitro benzene ring substituents is 1. The molecule has 0 radical (unpaired) electrons. The third kappa shape index (κ3) is 4.71. The smallest absolute Gasteiger partial charge is 0.338 e. The lowest BCUT2D eigenvalue weighted by Crippen LogP contribution is -2.17.